The van der Waals surface area contributed by atoms with Gasteiger partial charge in [-0.05, 0) is 53.4 Å². The van der Waals surface area contributed by atoms with E-state index in [0.29, 0.717) is 40.1 Å². The molecule has 0 radical (unpaired) electrons. The maximum absolute atomic E-state index is 13.7. The number of amides is 1. The highest BCUT2D eigenvalue weighted by molar-refractivity contribution is 7.80. The van der Waals surface area contributed by atoms with E-state index in [1.54, 1.807) is 54.6 Å². The van der Waals surface area contributed by atoms with Gasteiger partial charge in [0.2, 0.25) is 5.91 Å². The van der Waals surface area contributed by atoms with E-state index in [-0.39, 0.29) is 25.2 Å². The van der Waals surface area contributed by atoms with Crippen molar-refractivity contribution in [2.45, 2.75) is 31.3 Å². The van der Waals surface area contributed by atoms with Crippen LogP contribution < -0.4 is 19.5 Å². The summed E-state index contributed by atoms with van der Waals surface area (Å²) in [5, 5.41) is 19.0. The van der Waals surface area contributed by atoms with Crippen molar-refractivity contribution < 1.29 is 32.9 Å². The molecule has 3 unspecified atom stereocenters. The molecule has 5 N–H and O–H groups in total. The molecule has 1 amide bonds. The summed E-state index contributed by atoms with van der Waals surface area (Å²) in [4.78, 5) is 27.2. The van der Waals surface area contributed by atoms with Crippen LogP contribution in [0, 0.1) is 5.41 Å². The van der Waals surface area contributed by atoms with E-state index in [0.717, 1.165) is 9.69 Å². The fourth-order valence-electron chi connectivity index (χ4n) is 4.86. The Balaban J connectivity index is 1.64. The number of hydrogen-bond donors (Lipinski definition) is 4. The van der Waals surface area contributed by atoms with Crippen LogP contribution in [0.3, 0.4) is 0 Å². The van der Waals surface area contributed by atoms with E-state index in [9.17, 15) is 23.5 Å². The van der Waals surface area contributed by atoms with Gasteiger partial charge in [-0.15, -0.1) is 0 Å². The minimum Gasteiger partial charge on any atom is -0.493 e. The number of aliphatic carboxylic acids is 1. The van der Waals surface area contributed by atoms with Gasteiger partial charge in [0.1, 0.15) is 17.9 Å². The van der Waals surface area contributed by atoms with Crippen molar-refractivity contribution in [3.8, 4) is 11.5 Å². The quantitative estimate of drug-likeness (QED) is 0.169. The normalized spacial score (nSPS) is 16.9. The lowest BCUT2D eigenvalue weighted by molar-refractivity contribution is -0.152. The van der Waals surface area contributed by atoms with Crippen LogP contribution >= 0.6 is 0 Å². The first-order valence-corrected chi connectivity index (χ1v) is 13.2. The van der Waals surface area contributed by atoms with E-state index in [1.807, 2.05) is 0 Å². The smallest absolute Gasteiger partial charge is 0.326 e. The van der Waals surface area contributed by atoms with Crippen LogP contribution in [-0.4, -0.2) is 69.3 Å². The van der Waals surface area contributed by atoms with Crippen LogP contribution in [0.4, 0.5) is 5.69 Å². The number of nitrogens with zero attached hydrogens (tertiary/aromatic N) is 2. The Labute approximate surface area is 228 Å². The van der Waals surface area contributed by atoms with Crippen LogP contribution in [-0.2, 0) is 27.3 Å². The molecular formula is C27H30N4O7S. The zero-order chi connectivity index (χ0) is 28.3. The number of anilines is 1. The largest absolute Gasteiger partial charge is 0.493 e. The highest BCUT2D eigenvalue weighted by Gasteiger charge is 2.41. The Hall–Kier alpha value is -4.16. The number of nitrogens with two attached hydrogens (primary N) is 1. The van der Waals surface area contributed by atoms with E-state index >= 15 is 0 Å². The molecule has 0 aromatic heterocycles. The molecule has 0 spiro atoms. The molecule has 3 atom stereocenters. The van der Waals surface area contributed by atoms with Gasteiger partial charge in [0.25, 0.3) is 11.3 Å². The summed E-state index contributed by atoms with van der Waals surface area (Å²) in [5.41, 5.74) is 7.00. The molecule has 12 heteroatoms. The molecular weight excluding hydrogens is 524 g/mol. The molecule has 4 rings (SSSR count). The third-order valence-electron chi connectivity index (χ3n) is 6.83. The molecule has 11 nitrogen and oxygen atoms in total. The second-order valence-electron chi connectivity index (χ2n) is 9.15. The number of likely N-dealkylation sites (tertiary alicyclic amines) is 1. The molecule has 1 saturated heterocycles. The zero-order valence-electron chi connectivity index (χ0n) is 21.5. The molecule has 206 valence electrons. The second-order valence-corrected chi connectivity index (χ2v) is 10.0. The number of benzene rings is 3. The van der Waals surface area contributed by atoms with Gasteiger partial charge in [-0.1, -0.05) is 30.3 Å². The van der Waals surface area contributed by atoms with Gasteiger partial charge in [0.05, 0.1) is 19.9 Å². The standard InChI is InChI=1S/C27H30N4O7S/c1-37-23-14-18-9-10-20(13-19(18)15-24(23)38-2)31(39(35)36)21-4-3-11-30(26(21)32)22(27(33)34)12-16-5-7-17(8-6-16)25(28)29/h5-10,13-15,21-22H,3-4,11-12H2,1-2H3,(H3,28,29)(H,33,34)(H,35,36). The number of rotatable bonds is 10. The molecule has 1 aliphatic rings. The zero-order valence-corrected chi connectivity index (χ0v) is 22.3. The Morgan fingerprint density at radius 3 is 2.33 bits per heavy atom. The number of amidine groups is 1. The minimum absolute atomic E-state index is 0.0335. The lowest BCUT2D eigenvalue weighted by atomic mass is 9.97. The summed E-state index contributed by atoms with van der Waals surface area (Å²) in [7, 11) is 3.04. The lowest BCUT2D eigenvalue weighted by Crippen LogP contribution is -2.58. The first kappa shape index (κ1) is 27.9. The Morgan fingerprint density at radius 1 is 1.13 bits per heavy atom. The molecule has 1 heterocycles. The van der Waals surface area contributed by atoms with Crippen LogP contribution in [0.5, 0.6) is 11.5 Å². The molecule has 0 aliphatic carbocycles. The first-order valence-electron chi connectivity index (χ1n) is 12.2. The van der Waals surface area contributed by atoms with Gasteiger partial charge in [0.15, 0.2) is 11.5 Å². The van der Waals surface area contributed by atoms with Crippen molar-refractivity contribution in [1.82, 2.24) is 4.90 Å². The van der Waals surface area contributed by atoms with Crippen LogP contribution in [0.1, 0.15) is 24.0 Å². The number of carbonyl (C=O) groups is 2. The summed E-state index contributed by atoms with van der Waals surface area (Å²) >= 11 is -2.56. The van der Waals surface area contributed by atoms with Crippen LogP contribution in [0.15, 0.2) is 54.6 Å². The maximum atomic E-state index is 13.7. The second kappa shape index (κ2) is 11.7. The number of nitrogens with one attached hydrogen (secondary N) is 1. The Bertz CT molecular complexity index is 1430. The summed E-state index contributed by atoms with van der Waals surface area (Å²) in [6.07, 6.45) is 0.771. The van der Waals surface area contributed by atoms with E-state index in [4.69, 9.17) is 20.6 Å². The summed E-state index contributed by atoms with van der Waals surface area (Å²) in [5.74, 6) is -0.797. The average Bonchev–Trinajstić information content (AvgIpc) is 2.92. The maximum Gasteiger partial charge on any atom is 0.326 e. The third kappa shape index (κ3) is 5.81. The fourth-order valence-corrected chi connectivity index (χ4v) is 5.57. The number of nitrogen functional groups attached to an aromatic ring is 1. The number of piperidine rings is 1. The van der Waals surface area contributed by atoms with Crippen LogP contribution in [0.25, 0.3) is 10.8 Å². The number of methoxy groups -OCH3 is 2. The first-order chi connectivity index (χ1) is 18.6. The molecule has 39 heavy (non-hydrogen) atoms. The molecule has 3 aromatic carbocycles. The summed E-state index contributed by atoms with van der Waals surface area (Å²) in [6, 6.07) is 13.0. The average molecular weight is 555 g/mol. The fraction of sp³-hybridized carbons (Fsp3) is 0.296. The number of hydrogen-bond acceptors (Lipinski definition) is 6. The van der Waals surface area contributed by atoms with Gasteiger partial charge in [-0.25, -0.2) is 9.00 Å². The highest BCUT2D eigenvalue weighted by atomic mass is 32.2. The van der Waals surface area contributed by atoms with Gasteiger partial charge in [-0.3, -0.25) is 19.1 Å². The molecule has 3 aromatic rings. The van der Waals surface area contributed by atoms with Crippen molar-refractivity contribution >= 4 is 45.4 Å². The number of fused-ring (bicyclic) bond motifs is 1. The van der Waals surface area contributed by atoms with Gasteiger partial charge >= 0.3 is 5.97 Å². The lowest BCUT2D eigenvalue weighted by Gasteiger charge is -2.40. The molecule has 1 aliphatic heterocycles. The van der Waals surface area contributed by atoms with Gasteiger partial charge in [-0.2, -0.15) is 0 Å². The molecule has 0 bridgehead atoms. The number of carbonyl (C=O) groups excluding carboxylic acids is 1. The topological polar surface area (TPSA) is 166 Å². The minimum atomic E-state index is -2.56. The van der Waals surface area contributed by atoms with Gasteiger partial charge in [0, 0.05) is 18.5 Å². The molecule has 1 fully saturated rings. The summed E-state index contributed by atoms with van der Waals surface area (Å²) < 4.78 is 34.7. The van der Waals surface area contributed by atoms with Crippen molar-refractivity contribution in [3.63, 3.8) is 0 Å². The predicted molar refractivity (Wildman–Crippen MR) is 148 cm³/mol. The van der Waals surface area contributed by atoms with E-state index < -0.39 is 35.2 Å². The SMILES string of the molecule is COc1cc2ccc(N(C3CCCN(C(Cc4ccc(C(=N)N)cc4)C(=O)O)C3=O)S(=O)O)cc2cc1OC. The van der Waals surface area contributed by atoms with Crippen molar-refractivity contribution in [2.75, 3.05) is 25.1 Å². The number of carboxylic acids is 1. The van der Waals surface area contributed by atoms with Crippen LogP contribution in [0.2, 0.25) is 0 Å². The predicted octanol–water partition coefficient (Wildman–Crippen LogP) is 2.77. The van der Waals surface area contributed by atoms with Crippen molar-refractivity contribution in [2.24, 2.45) is 5.73 Å². The summed E-state index contributed by atoms with van der Waals surface area (Å²) in [6.45, 7) is 0.207. The highest BCUT2D eigenvalue weighted by Crippen LogP contribution is 2.35. The van der Waals surface area contributed by atoms with Crippen molar-refractivity contribution in [3.05, 3.63) is 65.7 Å². The Morgan fingerprint density at radius 2 is 1.77 bits per heavy atom. The Kier molecular flexibility index (Phi) is 8.36. The van der Waals surface area contributed by atoms with E-state index in [1.165, 1.54) is 19.1 Å². The number of ether oxygens (including phenoxy) is 2. The number of carboxylic acid groups (broad SMARTS) is 1. The van der Waals surface area contributed by atoms with E-state index in [2.05, 4.69) is 0 Å². The molecule has 0 saturated carbocycles. The van der Waals surface area contributed by atoms with Gasteiger partial charge < -0.3 is 25.2 Å². The van der Waals surface area contributed by atoms with Crippen molar-refractivity contribution in [1.29, 1.82) is 5.41 Å². The third-order valence-corrected chi connectivity index (χ3v) is 7.63. The monoisotopic (exact) mass is 554 g/mol.